The molecule has 104 valence electrons. The summed E-state index contributed by atoms with van der Waals surface area (Å²) in [6.45, 7) is 4.77. The van der Waals surface area contributed by atoms with Crippen molar-refractivity contribution in [2.75, 3.05) is 39.8 Å². The van der Waals surface area contributed by atoms with Crippen LogP contribution in [0, 0.1) is 0 Å². The van der Waals surface area contributed by atoms with Crippen molar-refractivity contribution in [1.82, 2.24) is 15.1 Å². The summed E-state index contributed by atoms with van der Waals surface area (Å²) in [6, 6.07) is 7.95. The number of nitrogens with zero attached hydrogens (tertiary/aromatic N) is 2. The average molecular weight is 282 g/mol. The lowest BCUT2D eigenvalue weighted by Crippen LogP contribution is -2.50. The molecule has 0 unspecified atom stereocenters. The van der Waals surface area contributed by atoms with E-state index in [1.807, 2.05) is 23.1 Å². The van der Waals surface area contributed by atoms with Gasteiger partial charge < -0.3 is 10.2 Å². The van der Waals surface area contributed by atoms with Crippen LogP contribution >= 0.6 is 11.6 Å². The van der Waals surface area contributed by atoms with Crippen molar-refractivity contribution in [1.29, 1.82) is 0 Å². The summed E-state index contributed by atoms with van der Waals surface area (Å²) in [4.78, 5) is 16.0. The fourth-order valence-corrected chi connectivity index (χ4v) is 2.52. The maximum absolute atomic E-state index is 11.7. The van der Waals surface area contributed by atoms with Gasteiger partial charge in [-0.15, -0.1) is 0 Å². The lowest BCUT2D eigenvalue weighted by atomic mass is 10.2. The highest BCUT2D eigenvalue weighted by atomic mass is 35.5. The van der Waals surface area contributed by atoms with Crippen molar-refractivity contribution < 1.29 is 4.79 Å². The second-order valence-corrected chi connectivity index (χ2v) is 5.25. The number of halogens is 1. The first-order valence-corrected chi connectivity index (χ1v) is 6.96. The number of piperazine rings is 1. The van der Waals surface area contributed by atoms with Gasteiger partial charge in [0.15, 0.2) is 0 Å². The van der Waals surface area contributed by atoms with Gasteiger partial charge in [-0.25, -0.2) is 0 Å². The molecule has 0 spiro atoms. The molecular formula is C14H20ClN3O. The molecule has 19 heavy (non-hydrogen) atoms. The van der Waals surface area contributed by atoms with Crippen molar-refractivity contribution in [3.8, 4) is 0 Å². The molecule has 1 amide bonds. The summed E-state index contributed by atoms with van der Waals surface area (Å²) < 4.78 is 0. The molecule has 0 saturated carbocycles. The number of benzene rings is 1. The SMILES string of the molecule is CNCC(=O)N1CCN(Cc2cccc(Cl)c2)CC1. The van der Waals surface area contributed by atoms with Crippen molar-refractivity contribution in [2.24, 2.45) is 0 Å². The quantitative estimate of drug-likeness (QED) is 0.901. The Bertz CT molecular complexity index is 430. The second kappa shape index (κ2) is 6.89. The molecule has 1 aliphatic rings. The Morgan fingerprint density at radius 2 is 2.05 bits per heavy atom. The molecule has 4 nitrogen and oxygen atoms in total. The van der Waals surface area contributed by atoms with Crippen LogP contribution in [0.3, 0.4) is 0 Å². The molecule has 1 N–H and O–H groups in total. The Hall–Kier alpha value is -1.10. The topological polar surface area (TPSA) is 35.6 Å². The highest BCUT2D eigenvalue weighted by molar-refractivity contribution is 6.30. The van der Waals surface area contributed by atoms with E-state index in [0.29, 0.717) is 6.54 Å². The monoisotopic (exact) mass is 281 g/mol. The summed E-state index contributed by atoms with van der Waals surface area (Å²) in [6.07, 6.45) is 0. The summed E-state index contributed by atoms with van der Waals surface area (Å²) in [7, 11) is 1.80. The van der Waals surface area contributed by atoms with Gasteiger partial charge in [-0.05, 0) is 24.7 Å². The van der Waals surface area contributed by atoms with Crippen LogP contribution in [0.4, 0.5) is 0 Å². The van der Waals surface area contributed by atoms with E-state index in [1.54, 1.807) is 7.05 Å². The van der Waals surface area contributed by atoms with E-state index in [9.17, 15) is 4.79 Å². The number of amides is 1. The second-order valence-electron chi connectivity index (χ2n) is 4.82. The highest BCUT2D eigenvalue weighted by Gasteiger charge is 2.20. The maximum Gasteiger partial charge on any atom is 0.236 e. The fourth-order valence-electron chi connectivity index (χ4n) is 2.31. The van der Waals surface area contributed by atoms with E-state index in [1.165, 1.54) is 5.56 Å². The minimum atomic E-state index is 0.185. The first-order valence-electron chi connectivity index (χ1n) is 6.58. The van der Waals surface area contributed by atoms with Gasteiger partial charge in [0.2, 0.25) is 5.91 Å². The molecule has 0 aromatic heterocycles. The smallest absolute Gasteiger partial charge is 0.236 e. The zero-order valence-corrected chi connectivity index (χ0v) is 12.0. The molecule has 1 heterocycles. The Morgan fingerprint density at radius 3 is 2.68 bits per heavy atom. The summed E-state index contributed by atoms with van der Waals surface area (Å²) in [5.74, 6) is 0.185. The van der Waals surface area contributed by atoms with Crippen LogP contribution < -0.4 is 5.32 Å². The third kappa shape index (κ3) is 4.20. The molecule has 0 aliphatic carbocycles. The Kier molecular flexibility index (Phi) is 5.19. The molecule has 0 radical (unpaired) electrons. The molecule has 5 heteroatoms. The van der Waals surface area contributed by atoms with Crippen molar-refractivity contribution in [2.45, 2.75) is 6.54 Å². The lowest BCUT2D eigenvalue weighted by molar-refractivity contribution is -0.131. The fraction of sp³-hybridized carbons (Fsp3) is 0.500. The van der Waals surface area contributed by atoms with Crippen LogP contribution in [0.15, 0.2) is 24.3 Å². The third-order valence-corrected chi connectivity index (χ3v) is 3.58. The molecule has 0 bridgehead atoms. The summed E-state index contributed by atoms with van der Waals surface area (Å²) >= 11 is 5.98. The number of likely N-dealkylation sites (N-methyl/N-ethyl adjacent to an activating group) is 1. The Balaban J connectivity index is 1.82. The molecule has 0 atom stereocenters. The molecule has 1 aromatic carbocycles. The van der Waals surface area contributed by atoms with E-state index in [4.69, 9.17) is 11.6 Å². The standard InChI is InChI=1S/C14H20ClN3O/c1-16-10-14(19)18-7-5-17(6-8-18)11-12-3-2-4-13(15)9-12/h2-4,9,16H,5-8,10-11H2,1H3. The number of nitrogens with one attached hydrogen (secondary N) is 1. The normalized spacial score (nSPS) is 16.6. The van der Waals surface area contributed by atoms with Gasteiger partial charge in [0.1, 0.15) is 0 Å². The van der Waals surface area contributed by atoms with Crippen LogP contribution in [0.1, 0.15) is 5.56 Å². The van der Waals surface area contributed by atoms with E-state index in [2.05, 4.69) is 16.3 Å². The first-order chi connectivity index (χ1) is 9.19. The van der Waals surface area contributed by atoms with Crippen LogP contribution in [0.25, 0.3) is 0 Å². The maximum atomic E-state index is 11.7. The predicted octanol–water partition coefficient (Wildman–Crippen LogP) is 1.20. The van der Waals surface area contributed by atoms with Crippen molar-refractivity contribution in [3.63, 3.8) is 0 Å². The Morgan fingerprint density at radius 1 is 1.32 bits per heavy atom. The van der Waals surface area contributed by atoms with Gasteiger partial charge in [0, 0.05) is 37.7 Å². The summed E-state index contributed by atoms with van der Waals surface area (Å²) in [5.41, 5.74) is 1.22. The lowest BCUT2D eigenvalue weighted by Gasteiger charge is -2.34. The largest absolute Gasteiger partial charge is 0.339 e. The van der Waals surface area contributed by atoms with Gasteiger partial charge in [-0.3, -0.25) is 9.69 Å². The molecule has 1 aromatic rings. The molecule has 2 rings (SSSR count). The van der Waals surface area contributed by atoms with Crippen molar-refractivity contribution in [3.05, 3.63) is 34.9 Å². The van der Waals surface area contributed by atoms with Crippen molar-refractivity contribution >= 4 is 17.5 Å². The summed E-state index contributed by atoms with van der Waals surface area (Å²) in [5, 5.41) is 3.68. The minimum absolute atomic E-state index is 0.185. The van der Waals surface area contributed by atoms with Crippen LogP contribution in [-0.4, -0.2) is 55.5 Å². The van der Waals surface area contributed by atoms with Gasteiger partial charge in [-0.1, -0.05) is 23.7 Å². The van der Waals surface area contributed by atoms with Crippen LogP contribution in [0.2, 0.25) is 5.02 Å². The van der Waals surface area contributed by atoms with Gasteiger partial charge >= 0.3 is 0 Å². The highest BCUT2D eigenvalue weighted by Crippen LogP contribution is 2.13. The number of rotatable bonds is 4. The predicted molar refractivity (Wildman–Crippen MR) is 77.2 cm³/mol. The van der Waals surface area contributed by atoms with E-state index < -0.39 is 0 Å². The molecule has 1 fully saturated rings. The molecule has 1 saturated heterocycles. The van der Waals surface area contributed by atoms with Crippen LogP contribution in [-0.2, 0) is 11.3 Å². The number of hydrogen-bond acceptors (Lipinski definition) is 3. The Labute approximate surface area is 119 Å². The van der Waals surface area contributed by atoms with E-state index in [-0.39, 0.29) is 5.91 Å². The zero-order chi connectivity index (χ0) is 13.7. The minimum Gasteiger partial charge on any atom is -0.339 e. The van der Waals surface area contributed by atoms with E-state index >= 15 is 0 Å². The molecule has 1 aliphatic heterocycles. The van der Waals surface area contributed by atoms with Gasteiger partial charge in [0.05, 0.1) is 6.54 Å². The molecular weight excluding hydrogens is 262 g/mol. The van der Waals surface area contributed by atoms with Gasteiger partial charge in [0.25, 0.3) is 0 Å². The number of carbonyl (C=O) groups excluding carboxylic acids is 1. The third-order valence-electron chi connectivity index (χ3n) is 3.35. The zero-order valence-electron chi connectivity index (χ0n) is 11.2. The number of carbonyl (C=O) groups is 1. The van der Waals surface area contributed by atoms with E-state index in [0.717, 1.165) is 37.7 Å². The number of hydrogen-bond donors (Lipinski definition) is 1. The van der Waals surface area contributed by atoms with Gasteiger partial charge in [-0.2, -0.15) is 0 Å². The van der Waals surface area contributed by atoms with Crippen LogP contribution in [0.5, 0.6) is 0 Å². The average Bonchev–Trinajstić information content (AvgIpc) is 2.40. The first kappa shape index (κ1) is 14.3.